The fourth-order valence-electron chi connectivity index (χ4n) is 1.97. The molecule has 0 atom stereocenters. The average molecular weight is 348 g/mol. The number of hydrogen-bond donors (Lipinski definition) is 1. The lowest BCUT2D eigenvalue weighted by molar-refractivity contribution is -0.115. The van der Waals surface area contributed by atoms with E-state index in [0.717, 1.165) is 0 Å². The Hall–Kier alpha value is -2.37. The number of carbonyl (C=O) groups is 1. The van der Waals surface area contributed by atoms with Crippen LogP contribution in [0.3, 0.4) is 0 Å². The van der Waals surface area contributed by atoms with Crippen molar-refractivity contribution in [2.24, 2.45) is 0 Å². The molecule has 23 heavy (non-hydrogen) atoms. The number of para-hydroxylation sites is 1. The molecule has 0 aliphatic heterocycles. The lowest BCUT2D eigenvalue weighted by Gasteiger charge is -2.02. The van der Waals surface area contributed by atoms with Gasteiger partial charge in [-0.2, -0.15) is 4.98 Å². The van der Waals surface area contributed by atoms with Crippen LogP contribution < -0.4 is 5.32 Å². The SMILES string of the molecule is O=C(Cc1noc(-c2ccc(Cl)cc2Cl)n1)Nc1ccccc1. The van der Waals surface area contributed by atoms with Gasteiger partial charge in [0, 0.05) is 10.7 Å². The smallest absolute Gasteiger partial charge is 0.259 e. The number of halogens is 2. The Bertz CT molecular complexity index is 834. The van der Waals surface area contributed by atoms with Gasteiger partial charge in [-0.05, 0) is 30.3 Å². The van der Waals surface area contributed by atoms with Crippen LogP contribution in [0.15, 0.2) is 53.1 Å². The summed E-state index contributed by atoms with van der Waals surface area (Å²) in [5.41, 5.74) is 1.28. The van der Waals surface area contributed by atoms with Crippen molar-refractivity contribution >= 4 is 34.8 Å². The standard InChI is InChI=1S/C16H11Cl2N3O2/c17-10-6-7-12(13(18)8-10)16-20-14(21-23-16)9-15(22)19-11-4-2-1-3-5-11/h1-8H,9H2,(H,19,22). The molecule has 0 saturated carbocycles. The Morgan fingerprint density at radius 2 is 1.91 bits per heavy atom. The van der Waals surface area contributed by atoms with Crippen LogP contribution in [0, 0.1) is 0 Å². The highest BCUT2D eigenvalue weighted by Gasteiger charge is 2.15. The van der Waals surface area contributed by atoms with E-state index in [1.165, 1.54) is 0 Å². The molecule has 1 heterocycles. The molecule has 7 heteroatoms. The first-order valence-corrected chi connectivity index (χ1v) is 7.50. The lowest BCUT2D eigenvalue weighted by atomic mass is 10.2. The van der Waals surface area contributed by atoms with E-state index in [1.807, 2.05) is 18.2 Å². The summed E-state index contributed by atoms with van der Waals surface area (Å²) in [6.07, 6.45) is 0.00357. The molecule has 1 amide bonds. The van der Waals surface area contributed by atoms with Crippen molar-refractivity contribution in [2.45, 2.75) is 6.42 Å². The third-order valence-electron chi connectivity index (χ3n) is 3.01. The van der Waals surface area contributed by atoms with Crippen LogP contribution in [0.1, 0.15) is 5.82 Å². The summed E-state index contributed by atoms with van der Waals surface area (Å²) in [6.45, 7) is 0. The summed E-state index contributed by atoms with van der Waals surface area (Å²) < 4.78 is 5.15. The second-order valence-electron chi connectivity index (χ2n) is 4.73. The van der Waals surface area contributed by atoms with Gasteiger partial charge in [-0.25, -0.2) is 0 Å². The predicted octanol–water partition coefficient (Wildman–Crippen LogP) is 4.22. The van der Waals surface area contributed by atoms with E-state index < -0.39 is 0 Å². The maximum Gasteiger partial charge on any atom is 0.259 e. The van der Waals surface area contributed by atoms with E-state index in [9.17, 15) is 4.79 Å². The minimum atomic E-state index is -0.231. The van der Waals surface area contributed by atoms with Crippen molar-refractivity contribution in [3.8, 4) is 11.5 Å². The van der Waals surface area contributed by atoms with Crippen molar-refractivity contribution in [2.75, 3.05) is 5.32 Å². The fraction of sp³-hybridized carbons (Fsp3) is 0.0625. The van der Waals surface area contributed by atoms with E-state index in [0.29, 0.717) is 21.3 Å². The highest BCUT2D eigenvalue weighted by molar-refractivity contribution is 6.36. The number of benzene rings is 2. The zero-order valence-electron chi connectivity index (χ0n) is 11.8. The van der Waals surface area contributed by atoms with Gasteiger partial charge in [-0.3, -0.25) is 4.79 Å². The van der Waals surface area contributed by atoms with E-state index in [1.54, 1.807) is 30.3 Å². The normalized spacial score (nSPS) is 10.5. The summed E-state index contributed by atoms with van der Waals surface area (Å²) in [5.74, 6) is 0.291. The van der Waals surface area contributed by atoms with Crippen molar-refractivity contribution in [3.05, 3.63) is 64.4 Å². The highest BCUT2D eigenvalue weighted by atomic mass is 35.5. The number of amides is 1. The molecule has 3 rings (SSSR count). The van der Waals surface area contributed by atoms with Gasteiger partial charge in [0.15, 0.2) is 5.82 Å². The van der Waals surface area contributed by atoms with Crippen molar-refractivity contribution < 1.29 is 9.32 Å². The second-order valence-corrected chi connectivity index (χ2v) is 5.57. The van der Waals surface area contributed by atoms with Crippen LogP contribution >= 0.6 is 23.2 Å². The number of nitrogens with zero attached hydrogens (tertiary/aromatic N) is 2. The quantitative estimate of drug-likeness (QED) is 0.766. The molecule has 0 saturated heterocycles. The summed E-state index contributed by atoms with van der Waals surface area (Å²) >= 11 is 11.9. The van der Waals surface area contributed by atoms with Crippen molar-refractivity contribution in [1.29, 1.82) is 0 Å². The number of anilines is 1. The van der Waals surface area contributed by atoms with E-state index in [4.69, 9.17) is 27.7 Å². The van der Waals surface area contributed by atoms with Gasteiger partial charge in [0.2, 0.25) is 5.91 Å². The van der Waals surface area contributed by atoms with Crippen LogP contribution in [0.25, 0.3) is 11.5 Å². The first-order chi connectivity index (χ1) is 11.1. The van der Waals surface area contributed by atoms with E-state index in [2.05, 4.69) is 15.5 Å². The highest BCUT2D eigenvalue weighted by Crippen LogP contribution is 2.29. The molecule has 2 aromatic carbocycles. The van der Waals surface area contributed by atoms with Crippen LogP contribution in [0.2, 0.25) is 10.0 Å². The second kappa shape index (κ2) is 6.81. The maximum atomic E-state index is 12.0. The predicted molar refractivity (Wildman–Crippen MR) is 88.5 cm³/mol. The Balaban J connectivity index is 1.71. The monoisotopic (exact) mass is 347 g/mol. The van der Waals surface area contributed by atoms with Crippen molar-refractivity contribution in [3.63, 3.8) is 0 Å². The van der Waals surface area contributed by atoms with Gasteiger partial charge < -0.3 is 9.84 Å². The molecular weight excluding hydrogens is 337 g/mol. The molecule has 3 aromatic rings. The Kier molecular flexibility index (Phi) is 4.60. The first-order valence-electron chi connectivity index (χ1n) is 6.75. The molecular formula is C16H11Cl2N3O2. The van der Waals surface area contributed by atoms with Gasteiger partial charge in [0.25, 0.3) is 5.89 Å². The first kappa shape index (κ1) is 15.5. The summed E-state index contributed by atoms with van der Waals surface area (Å²) in [5, 5.41) is 7.47. The summed E-state index contributed by atoms with van der Waals surface area (Å²) in [7, 11) is 0. The molecule has 1 N–H and O–H groups in total. The summed E-state index contributed by atoms with van der Waals surface area (Å²) in [6, 6.07) is 14.1. The number of hydrogen-bond acceptors (Lipinski definition) is 4. The Morgan fingerprint density at radius 1 is 1.13 bits per heavy atom. The van der Waals surface area contributed by atoms with E-state index >= 15 is 0 Å². The molecule has 1 aromatic heterocycles. The minimum absolute atomic E-state index is 0.00357. The molecule has 0 aliphatic rings. The van der Waals surface area contributed by atoms with Gasteiger partial charge in [0.05, 0.1) is 17.0 Å². The number of nitrogens with one attached hydrogen (secondary N) is 1. The molecule has 0 bridgehead atoms. The van der Waals surface area contributed by atoms with Gasteiger partial charge >= 0.3 is 0 Å². The minimum Gasteiger partial charge on any atom is -0.334 e. The largest absolute Gasteiger partial charge is 0.334 e. The summed E-state index contributed by atoms with van der Waals surface area (Å²) in [4.78, 5) is 16.1. The zero-order chi connectivity index (χ0) is 16.2. The maximum absolute atomic E-state index is 12.0. The fourth-order valence-corrected chi connectivity index (χ4v) is 2.46. The topological polar surface area (TPSA) is 68.0 Å². The molecule has 5 nitrogen and oxygen atoms in total. The van der Waals surface area contributed by atoms with Crippen molar-refractivity contribution in [1.82, 2.24) is 10.1 Å². The lowest BCUT2D eigenvalue weighted by Crippen LogP contribution is -2.15. The molecule has 0 aliphatic carbocycles. The molecule has 0 fully saturated rings. The van der Waals surface area contributed by atoms with Gasteiger partial charge in [-0.1, -0.05) is 46.6 Å². The van der Waals surface area contributed by atoms with Gasteiger partial charge in [0.1, 0.15) is 0 Å². The van der Waals surface area contributed by atoms with Crippen LogP contribution in [0.4, 0.5) is 5.69 Å². The Labute approximate surface area is 142 Å². The third-order valence-corrected chi connectivity index (χ3v) is 3.55. The van der Waals surface area contributed by atoms with Gasteiger partial charge in [-0.15, -0.1) is 0 Å². The zero-order valence-corrected chi connectivity index (χ0v) is 13.3. The van der Waals surface area contributed by atoms with E-state index in [-0.39, 0.29) is 24.0 Å². The Morgan fingerprint density at radius 3 is 2.65 bits per heavy atom. The number of aromatic nitrogens is 2. The molecule has 0 unspecified atom stereocenters. The number of rotatable bonds is 4. The van der Waals surface area contributed by atoms with Crippen LogP contribution in [0.5, 0.6) is 0 Å². The number of carbonyl (C=O) groups excluding carboxylic acids is 1. The van der Waals surface area contributed by atoms with Crippen LogP contribution in [-0.4, -0.2) is 16.0 Å². The molecule has 0 spiro atoms. The van der Waals surface area contributed by atoms with Crippen LogP contribution in [-0.2, 0) is 11.2 Å². The average Bonchev–Trinajstić information content (AvgIpc) is 2.96. The molecule has 0 radical (unpaired) electrons. The molecule has 116 valence electrons. The third kappa shape index (κ3) is 3.88.